The molecule has 3 rings (SSSR count). The zero-order valence-corrected chi connectivity index (χ0v) is 20.1. The standard InChI is InChI=1S/C23H27N3O3S.ClH/c1-15-11-12-19-20(16(15)2)24-23(30-19)26(14-8-13-25(3)4)21(27)17-9-6-7-10-18(17)22(28)29-5;/h6-7,9-12H,8,13-14H2,1-5H3;1H. The Balaban J connectivity index is 0.00000341. The van der Waals surface area contributed by atoms with Gasteiger partial charge >= 0.3 is 5.97 Å². The van der Waals surface area contributed by atoms with E-state index in [2.05, 4.69) is 17.9 Å². The van der Waals surface area contributed by atoms with Gasteiger partial charge in [0.25, 0.3) is 5.91 Å². The number of methoxy groups -OCH3 is 1. The van der Waals surface area contributed by atoms with Crippen molar-refractivity contribution in [3.63, 3.8) is 0 Å². The zero-order chi connectivity index (χ0) is 21.8. The normalized spacial score (nSPS) is 10.8. The fourth-order valence-electron chi connectivity index (χ4n) is 3.26. The van der Waals surface area contributed by atoms with Crippen molar-refractivity contribution in [2.75, 3.05) is 39.2 Å². The van der Waals surface area contributed by atoms with Gasteiger partial charge in [-0.25, -0.2) is 9.78 Å². The molecule has 0 fully saturated rings. The minimum atomic E-state index is -0.525. The van der Waals surface area contributed by atoms with Crippen molar-refractivity contribution in [1.82, 2.24) is 9.88 Å². The van der Waals surface area contributed by atoms with Crippen LogP contribution in [0.1, 0.15) is 38.3 Å². The zero-order valence-electron chi connectivity index (χ0n) is 18.5. The van der Waals surface area contributed by atoms with Crippen LogP contribution in [0.25, 0.3) is 10.2 Å². The average Bonchev–Trinajstić information content (AvgIpc) is 3.17. The molecule has 0 spiro atoms. The molecule has 166 valence electrons. The van der Waals surface area contributed by atoms with Gasteiger partial charge in [-0.05, 0) is 70.2 Å². The van der Waals surface area contributed by atoms with Crippen LogP contribution in [0.5, 0.6) is 0 Å². The van der Waals surface area contributed by atoms with Crippen LogP contribution in [-0.2, 0) is 4.74 Å². The monoisotopic (exact) mass is 461 g/mol. The summed E-state index contributed by atoms with van der Waals surface area (Å²) in [5.41, 5.74) is 3.78. The largest absolute Gasteiger partial charge is 0.465 e. The lowest BCUT2D eigenvalue weighted by molar-refractivity contribution is 0.0597. The number of benzene rings is 2. The summed E-state index contributed by atoms with van der Waals surface area (Å²) >= 11 is 1.49. The van der Waals surface area contributed by atoms with Gasteiger partial charge in [-0.15, -0.1) is 12.4 Å². The molecule has 0 N–H and O–H groups in total. The molecule has 31 heavy (non-hydrogen) atoms. The van der Waals surface area contributed by atoms with E-state index in [0.29, 0.717) is 17.2 Å². The summed E-state index contributed by atoms with van der Waals surface area (Å²) < 4.78 is 5.91. The highest BCUT2D eigenvalue weighted by atomic mass is 35.5. The molecule has 6 nitrogen and oxygen atoms in total. The quantitative estimate of drug-likeness (QED) is 0.476. The Morgan fingerprint density at radius 2 is 1.71 bits per heavy atom. The predicted molar refractivity (Wildman–Crippen MR) is 129 cm³/mol. The van der Waals surface area contributed by atoms with Crippen molar-refractivity contribution in [3.05, 3.63) is 58.7 Å². The van der Waals surface area contributed by atoms with Crippen LogP contribution < -0.4 is 4.90 Å². The first-order valence-corrected chi connectivity index (χ1v) is 10.7. The highest BCUT2D eigenvalue weighted by molar-refractivity contribution is 7.22. The van der Waals surface area contributed by atoms with Crippen LogP contribution in [0.3, 0.4) is 0 Å². The number of halogens is 1. The van der Waals surface area contributed by atoms with E-state index in [1.807, 2.05) is 27.1 Å². The maximum Gasteiger partial charge on any atom is 0.338 e. The molecule has 1 amide bonds. The number of aryl methyl sites for hydroxylation is 2. The van der Waals surface area contributed by atoms with Crippen LogP contribution in [0.4, 0.5) is 5.13 Å². The van der Waals surface area contributed by atoms with E-state index in [4.69, 9.17) is 9.72 Å². The lowest BCUT2D eigenvalue weighted by atomic mass is 10.1. The molecule has 0 aliphatic heterocycles. The number of rotatable bonds is 7. The van der Waals surface area contributed by atoms with Gasteiger partial charge in [0.1, 0.15) is 0 Å². The smallest absolute Gasteiger partial charge is 0.338 e. The van der Waals surface area contributed by atoms with E-state index >= 15 is 0 Å². The summed E-state index contributed by atoms with van der Waals surface area (Å²) in [6.07, 6.45) is 0.785. The van der Waals surface area contributed by atoms with Crippen molar-refractivity contribution in [2.45, 2.75) is 20.3 Å². The van der Waals surface area contributed by atoms with Crippen LogP contribution in [-0.4, -0.2) is 56.1 Å². The first-order valence-electron chi connectivity index (χ1n) is 9.84. The number of hydrogen-bond acceptors (Lipinski definition) is 6. The highest BCUT2D eigenvalue weighted by Gasteiger charge is 2.25. The second-order valence-electron chi connectivity index (χ2n) is 7.50. The summed E-state index contributed by atoms with van der Waals surface area (Å²) in [5.74, 6) is -0.772. The summed E-state index contributed by atoms with van der Waals surface area (Å²) in [6, 6.07) is 10.9. The maximum atomic E-state index is 13.6. The third-order valence-electron chi connectivity index (χ3n) is 5.10. The summed E-state index contributed by atoms with van der Waals surface area (Å²) in [5, 5.41) is 0.641. The van der Waals surface area contributed by atoms with Gasteiger partial charge in [0, 0.05) is 6.54 Å². The number of anilines is 1. The molecule has 2 aromatic carbocycles. The van der Waals surface area contributed by atoms with Crippen molar-refractivity contribution < 1.29 is 14.3 Å². The number of nitrogens with zero attached hydrogens (tertiary/aromatic N) is 3. The van der Waals surface area contributed by atoms with Gasteiger partial charge in [-0.3, -0.25) is 9.69 Å². The van der Waals surface area contributed by atoms with Gasteiger partial charge in [-0.1, -0.05) is 29.5 Å². The van der Waals surface area contributed by atoms with E-state index in [0.717, 1.165) is 28.7 Å². The Kier molecular flexibility index (Phi) is 8.56. The number of amides is 1. The number of carbonyl (C=O) groups is 2. The molecule has 0 saturated heterocycles. The Labute approximate surface area is 193 Å². The Morgan fingerprint density at radius 3 is 2.35 bits per heavy atom. The molecule has 1 heterocycles. The molecular weight excluding hydrogens is 434 g/mol. The molecule has 0 aliphatic rings. The van der Waals surface area contributed by atoms with E-state index in [1.54, 1.807) is 29.2 Å². The second kappa shape index (κ2) is 10.7. The maximum absolute atomic E-state index is 13.6. The highest BCUT2D eigenvalue weighted by Crippen LogP contribution is 2.33. The van der Waals surface area contributed by atoms with Crippen LogP contribution in [0, 0.1) is 13.8 Å². The van der Waals surface area contributed by atoms with Crippen molar-refractivity contribution in [3.8, 4) is 0 Å². The lowest BCUT2D eigenvalue weighted by Gasteiger charge is -2.22. The minimum absolute atomic E-state index is 0. The molecule has 0 bridgehead atoms. The first-order chi connectivity index (χ1) is 14.3. The molecule has 3 aromatic rings. The van der Waals surface area contributed by atoms with E-state index in [9.17, 15) is 9.59 Å². The van der Waals surface area contributed by atoms with E-state index in [-0.39, 0.29) is 23.9 Å². The molecule has 0 saturated carbocycles. The van der Waals surface area contributed by atoms with Gasteiger partial charge in [0.05, 0.1) is 28.5 Å². The lowest BCUT2D eigenvalue weighted by Crippen LogP contribution is -2.34. The van der Waals surface area contributed by atoms with Crippen molar-refractivity contribution in [1.29, 1.82) is 0 Å². The van der Waals surface area contributed by atoms with E-state index in [1.165, 1.54) is 24.0 Å². The minimum Gasteiger partial charge on any atom is -0.465 e. The Bertz CT molecular complexity index is 1080. The number of carbonyl (C=O) groups excluding carboxylic acids is 2. The summed E-state index contributed by atoms with van der Waals surface area (Å²) in [7, 11) is 5.32. The fraction of sp³-hybridized carbons (Fsp3) is 0.348. The first kappa shape index (κ1) is 24.8. The SMILES string of the molecule is COC(=O)c1ccccc1C(=O)N(CCCN(C)C)c1nc2c(C)c(C)ccc2s1.Cl. The van der Waals surface area contributed by atoms with Crippen LogP contribution in [0.15, 0.2) is 36.4 Å². The topological polar surface area (TPSA) is 62.7 Å². The fourth-order valence-corrected chi connectivity index (χ4v) is 4.31. The molecule has 0 unspecified atom stereocenters. The number of thiazole rings is 1. The van der Waals surface area contributed by atoms with Gasteiger partial charge in [0.15, 0.2) is 5.13 Å². The Morgan fingerprint density at radius 1 is 1.03 bits per heavy atom. The number of aromatic nitrogens is 1. The molecular formula is C23H28ClN3O3S. The number of fused-ring (bicyclic) bond motifs is 1. The Hall–Kier alpha value is -2.48. The summed E-state index contributed by atoms with van der Waals surface area (Å²) in [4.78, 5) is 34.3. The average molecular weight is 462 g/mol. The molecule has 0 aliphatic carbocycles. The third-order valence-corrected chi connectivity index (χ3v) is 6.14. The van der Waals surface area contributed by atoms with Crippen LogP contribution in [0.2, 0.25) is 0 Å². The van der Waals surface area contributed by atoms with E-state index < -0.39 is 5.97 Å². The van der Waals surface area contributed by atoms with Crippen molar-refractivity contribution in [2.24, 2.45) is 0 Å². The summed E-state index contributed by atoms with van der Waals surface area (Å²) in [6.45, 7) is 5.45. The second-order valence-corrected chi connectivity index (χ2v) is 8.51. The molecule has 0 atom stereocenters. The number of ether oxygens (including phenoxy) is 1. The third kappa shape index (κ3) is 5.42. The molecule has 0 radical (unpaired) electrons. The number of esters is 1. The molecule has 1 aromatic heterocycles. The van der Waals surface area contributed by atoms with Gasteiger partial charge in [0.2, 0.25) is 0 Å². The number of hydrogen-bond donors (Lipinski definition) is 0. The predicted octanol–water partition coefficient (Wildman–Crippen LogP) is 4.72. The van der Waals surface area contributed by atoms with Crippen LogP contribution >= 0.6 is 23.7 Å². The van der Waals surface area contributed by atoms with Crippen molar-refractivity contribution >= 4 is 51.0 Å². The van der Waals surface area contributed by atoms with Gasteiger partial charge < -0.3 is 9.64 Å². The molecule has 8 heteroatoms. The van der Waals surface area contributed by atoms with Gasteiger partial charge in [-0.2, -0.15) is 0 Å².